The Labute approximate surface area is 120 Å². The van der Waals surface area contributed by atoms with Crippen molar-refractivity contribution < 1.29 is 9.84 Å². The second-order valence-electron chi connectivity index (χ2n) is 5.96. The maximum atomic E-state index is 9.30. The second-order valence-corrected chi connectivity index (χ2v) is 5.96. The van der Waals surface area contributed by atoms with Gasteiger partial charge in [0.15, 0.2) is 0 Å². The molecule has 0 saturated heterocycles. The molecular formula is C17H21NO2. The molecule has 0 aliphatic rings. The number of nitrogens with zero attached hydrogens (tertiary/aromatic N) is 1. The molecule has 0 fully saturated rings. The molecule has 0 unspecified atom stereocenters. The van der Waals surface area contributed by atoms with E-state index in [1.165, 1.54) is 5.56 Å². The third-order valence-corrected chi connectivity index (χ3v) is 3.27. The highest BCUT2D eigenvalue weighted by atomic mass is 16.5. The standard InChI is InChI=1S/C17H21NO2/c1-12-10-14(17(2,3)4)7-8-15(12)20-16-13(11-19)6-5-9-18-16/h5-10,19H,11H2,1-4H3. The first-order valence-electron chi connectivity index (χ1n) is 6.75. The Morgan fingerprint density at radius 2 is 1.95 bits per heavy atom. The van der Waals surface area contributed by atoms with Crippen LogP contribution in [0.3, 0.4) is 0 Å². The molecule has 0 aliphatic heterocycles. The van der Waals surface area contributed by atoms with Gasteiger partial charge in [-0.2, -0.15) is 0 Å². The Hall–Kier alpha value is -1.87. The van der Waals surface area contributed by atoms with Gasteiger partial charge in [0.05, 0.1) is 6.61 Å². The zero-order valence-electron chi connectivity index (χ0n) is 12.5. The summed E-state index contributed by atoms with van der Waals surface area (Å²) in [5.74, 6) is 1.23. The molecule has 3 heteroatoms. The maximum Gasteiger partial charge on any atom is 0.224 e. The van der Waals surface area contributed by atoms with Crippen LogP contribution in [-0.4, -0.2) is 10.1 Å². The largest absolute Gasteiger partial charge is 0.438 e. The topological polar surface area (TPSA) is 42.4 Å². The number of rotatable bonds is 3. The molecule has 2 aromatic rings. The van der Waals surface area contributed by atoms with Gasteiger partial charge in [0.1, 0.15) is 5.75 Å². The van der Waals surface area contributed by atoms with Crippen LogP contribution in [0.1, 0.15) is 37.5 Å². The van der Waals surface area contributed by atoms with Crippen molar-refractivity contribution in [3.8, 4) is 11.6 Å². The van der Waals surface area contributed by atoms with Crippen molar-refractivity contribution in [2.45, 2.75) is 39.7 Å². The van der Waals surface area contributed by atoms with Gasteiger partial charge in [-0.1, -0.05) is 32.9 Å². The minimum atomic E-state index is -0.0811. The highest BCUT2D eigenvalue weighted by Crippen LogP contribution is 2.30. The van der Waals surface area contributed by atoms with Crippen molar-refractivity contribution in [2.24, 2.45) is 0 Å². The first kappa shape index (κ1) is 14.5. The van der Waals surface area contributed by atoms with Crippen LogP contribution < -0.4 is 4.74 Å². The summed E-state index contributed by atoms with van der Waals surface area (Å²) in [7, 11) is 0. The third-order valence-electron chi connectivity index (χ3n) is 3.27. The fraction of sp³-hybridized carbons (Fsp3) is 0.353. The molecule has 2 rings (SSSR count). The van der Waals surface area contributed by atoms with Gasteiger partial charge in [-0.25, -0.2) is 4.98 Å². The minimum Gasteiger partial charge on any atom is -0.438 e. The van der Waals surface area contributed by atoms with Crippen LogP contribution in [0.4, 0.5) is 0 Å². The van der Waals surface area contributed by atoms with Crippen molar-refractivity contribution in [3.05, 3.63) is 53.2 Å². The molecule has 1 N–H and O–H groups in total. The summed E-state index contributed by atoms with van der Waals surface area (Å²) in [5, 5.41) is 9.30. The Balaban J connectivity index is 2.31. The van der Waals surface area contributed by atoms with E-state index in [1.54, 1.807) is 18.3 Å². The number of benzene rings is 1. The molecule has 0 atom stereocenters. The molecular weight excluding hydrogens is 250 g/mol. The van der Waals surface area contributed by atoms with E-state index < -0.39 is 0 Å². The van der Waals surface area contributed by atoms with Gasteiger partial charge < -0.3 is 9.84 Å². The normalized spacial score (nSPS) is 11.4. The molecule has 3 nitrogen and oxygen atoms in total. The monoisotopic (exact) mass is 271 g/mol. The van der Waals surface area contributed by atoms with Gasteiger partial charge in [0.25, 0.3) is 0 Å². The van der Waals surface area contributed by atoms with Crippen LogP contribution in [0.2, 0.25) is 0 Å². The SMILES string of the molecule is Cc1cc(C(C)(C)C)ccc1Oc1ncccc1CO. The summed E-state index contributed by atoms with van der Waals surface area (Å²) in [4.78, 5) is 4.17. The quantitative estimate of drug-likeness (QED) is 0.918. The lowest BCUT2D eigenvalue weighted by Gasteiger charge is -2.20. The zero-order chi connectivity index (χ0) is 14.8. The maximum absolute atomic E-state index is 9.30. The van der Waals surface area contributed by atoms with E-state index in [9.17, 15) is 5.11 Å². The van der Waals surface area contributed by atoms with Gasteiger partial charge in [-0.3, -0.25) is 0 Å². The van der Waals surface area contributed by atoms with Gasteiger partial charge in [-0.05, 0) is 41.7 Å². The van der Waals surface area contributed by atoms with Gasteiger partial charge in [0.2, 0.25) is 5.88 Å². The average Bonchev–Trinajstić information content (AvgIpc) is 2.40. The summed E-state index contributed by atoms with van der Waals surface area (Å²) < 4.78 is 5.83. The summed E-state index contributed by atoms with van der Waals surface area (Å²) in [6, 6.07) is 9.77. The van der Waals surface area contributed by atoms with Crippen molar-refractivity contribution in [2.75, 3.05) is 0 Å². The van der Waals surface area contributed by atoms with E-state index in [-0.39, 0.29) is 12.0 Å². The van der Waals surface area contributed by atoms with Gasteiger partial charge >= 0.3 is 0 Å². The van der Waals surface area contributed by atoms with Crippen molar-refractivity contribution in [1.29, 1.82) is 0 Å². The second kappa shape index (κ2) is 5.63. The van der Waals surface area contributed by atoms with Crippen molar-refractivity contribution in [1.82, 2.24) is 4.98 Å². The predicted molar refractivity (Wildman–Crippen MR) is 80.1 cm³/mol. The number of ether oxygens (including phenoxy) is 1. The summed E-state index contributed by atoms with van der Waals surface area (Å²) >= 11 is 0. The van der Waals surface area contributed by atoms with Crippen LogP contribution in [0, 0.1) is 6.92 Å². The highest BCUT2D eigenvalue weighted by molar-refractivity contribution is 5.41. The number of hydrogen-bond acceptors (Lipinski definition) is 3. The first-order chi connectivity index (χ1) is 9.41. The molecule has 0 bridgehead atoms. The third kappa shape index (κ3) is 3.17. The molecule has 0 spiro atoms. The van der Waals surface area contributed by atoms with Crippen LogP contribution in [0.5, 0.6) is 11.6 Å². The molecule has 106 valence electrons. The Kier molecular flexibility index (Phi) is 4.09. The fourth-order valence-corrected chi connectivity index (χ4v) is 1.97. The summed E-state index contributed by atoms with van der Waals surface area (Å²) in [6.45, 7) is 8.50. The summed E-state index contributed by atoms with van der Waals surface area (Å²) in [6.07, 6.45) is 1.66. The van der Waals surface area contributed by atoms with Gasteiger partial charge in [-0.15, -0.1) is 0 Å². The zero-order valence-corrected chi connectivity index (χ0v) is 12.5. The number of hydrogen-bond donors (Lipinski definition) is 1. The highest BCUT2D eigenvalue weighted by Gasteiger charge is 2.15. The molecule has 0 aliphatic carbocycles. The smallest absolute Gasteiger partial charge is 0.224 e. The lowest BCUT2D eigenvalue weighted by atomic mass is 9.86. The molecule has 0 saturated carbocycles. The van der Waals surface area contributed by atoms with E-state index in [2.05, 4.69) is 37.9 Å². The molecule has 1 heterocycles. The lowest BCUT2D eigenvalue weighted by Crippen LogP contribution is -2.11. The Morgan fingerprint density at radius 1 is 1.20 bits per heavy atom. The summed E-state index contributed by atoms with van der Waals surface area (Å²) in [5.41, 5.74) is 3.13. The van der Waals surface area contributed by atoms with Crippen LogP contribution in [0.15, 0.2) is 36.5 Å². The van der Waals surface area contributed by atoms with E-state index in [0.29, 0.717) is 11.4 Å². The lowest BCUT2D eigenvalue weighted by molar-refractivity contribution is 0.275. The Morgan fingerprint density at radius 3 is 2.55 bits per heavy atom. The predicted octanol–water partition coefficient (Wildman–Crippen LogP) is 3.97. The Bertz CT molecular complexity index is 600. The molecule has 0 amide bonds. The molecule has 1 aromatic heterocycles. The molecule has 20 heavy (non-hydrogen) atoms. The first-order valence-corrected chi connectivity index (χ1v) is 6.75. The minimum absolute atomic E-state index is 0.0811. The van der Waals surface area contributed by atoms with Crippen molar-refractivity contribution >= 4 is 0 Å². The van der Waals surface area contributed by atoms with Crippen LogP contribution in [0.25, 0.3) is 0 Å². The number of aliphatic hydroxyl groups is 1. The van der Waals surface area contributed by atoms with E-state index >= 15 is 0 Å². The van der Waals surface area contributed by atoms with Crippen LogP contribution >= 0.6 is 0 Å². The number of pyridine rings is 1. The van der Waals surface area contributed by atoms with E-state index in [1.807, 2.05) is 13.0 Å². The molecule has 0 radical (unpaired) electrons. The molecule has 1 aromatic carbocycles. The van der Waals surface area contributed by atoms with E-state index in [4.69, 9.17) is 4.74 Å². The number of aliphatic hydroxyl groups excluding tert-OH is 1. The average molecular weight is 271 g/mol. The van der Waals surface area contributed by atoms with Crippen LogP contribution in [-0.2, 0) is 12.0 Å². The van der Waals surface area contributed by atoms with Crippen molar-refractivity contribution in [3.63, 3.8) is 0 Å². The van der Waals surface area contributed by atoms with E-state index in [0.717, 1.165) is 11.3 Å². The van der Waals surface area contributed by atoms with Gasteiger partial charge in [0, 0.05) is 11.8 Å². The fourth-order valence-electron chi connectivity index (χ4n) is 1.97. The number of aryl methyl sites for hydroxylation is 1. The number of aromatic nitrogens is 1.